The smallest absolute Gasteiger partial charge is 0.416 e. The second-order valence-corrected chi connectivity index (χ2v) is 7.79. The number of anilines is 1. The number of carbonyl (C=O) groups excluding carboxylic acids is 2. The summed E-state index contributed by atoms with van der Waals surface area (Å²) in [4.78, 5) is 27.8. The van der Waals surface area contributed by atoms with E-state index in [1.165, 1.54) is 41.3 Å². The number of carbonyl (C=O) groups is 2. The Labute approximate surface area is 184 Å². The van der Waals surface area contributed by atoms with Crippen molar-refractivity contribution in [3.05, 3.63) is 65.5 Å². The van der Waals surface area contributed by atoms with Gasteiger partial charge in [0.25, 0.3) is 0 Å². The fraction of sp³-hybridized carbons (Fsp3) is 0.417. The Hall–Kier alpha value is -2.90. The van der Waals surface area contributed by atoms with E-state index in [1.807, 2.05) is 0 Å². The Bertz CT molecular complexity index is 920. The van der Waals surface area contributed by atoms with Crippen LogP contribution in [0.25, 0.3) is 0 Å². The average molecular weight is 451 g/mol. The van der Waals surface area contributed by atoms with Crippen molar-refractivity contribution < 1.29 is 31.9 Å². The summed E-state index contributed by atoms with van der Waals surface area (Å²) in [5.74, 6) is -1.93. The van der Waals surface area contributed by atoms with Crippen LogP contribution in [-0.2, 0) is 20.5 Å². The molecule has 0 N–H and O–H groups in total. The standard InChI is InChI=1S/C24H25F4NO3/c1-2-32-23(31)21(16-8-10-18(11-9-16)24(26,27)28)29(20-14-12-19(25)13-15-20)22(30)17-6-4-3-5-7-17/h8-15,17,21H,2-7H2,1H3. The summed E-state index contributed by atoms with van der Waals surface area (Å²) in [5.41, 5.74) is -0.402. The highest BCUT2D eigenvalue weighted by Gasteiger charge is 2.38. The Morgan fingerprint density at radius 1 is 1.00 bits per heavy atom. The molecule has 0 radical (unpaired) electrons. The minimum Gasteiger partial charge on any atom is -0.464 e. The molecule has 0 saturated heterocycles. The van der Waals surface area contributed by atoms with Crippen LogP contribution >= 0.6 is 0 Å². The fourth-order valence-corrected chi connectivity index (χ4v) is 4.02. The molecule has 0 aliphatic heterocycles. The number of ether oxygens (including phenoxy) is 1. The number of amides is 1. The number of halogens is 4. The van der Waals surface area contributed by atoms with Crippen LogP contribution in [0.15, 0.2) is 48.5 Å². The molecular weight excluding hydrogens is 426 g/mol. The molecule has 1 aliphatic carbocycles. The van der Waals surface area contributed by atoms with Crippen LogP contribution in [-0.4, -0.2) is 18.5 Å². The van der Waals surface area contributed by atoms with Crippen molar-refractivity contribution in [1.82, 2.24) is 0 Å². The Kier molecular flexibility index (Phi) is 7.53. The molecule has 1 unspecified atom stereocenters. The third-order valence-electron chi connectivity index (χ3n) is 5.62. The van der Waals surface area contributed by atoms with E-state index in [-0.39, 0.29) is 29.7 Å². The third-order valence-corrected chi connectivity index (χ3v) is 5.62. The van der Waals surface area contributed by atoms with E-state index < -0.39 is 29.6 Å². The zero-order valence-corrected chi connectivity index (χ0v) is 17.7. The first kappa shape index (κ1) is 23.8. The van der Waals surface area contributed by atoms with Crippen LogP contribution in [0.2, 0.25) is 0 Å². The molecule has 4 nitrogen and oxygen atoms in total. The van der Waals surface area contributed by atoms with Crippen LogP contribution in [0.3, 0.4) is 0 Å². The minimum absolute atomic E-state index is 0.0326. The van der Waals surface area contributed by atoms with E-state index in [4.69, 9.17) is 4.74 Å². The van der Waals surface area contributed by atoms with Crippen LogP contribution in [0.5, 0.6) is 0 Å². The molecule has 172 valence electrons. The number of esters is 1. The van der Waals surface area contributed by atoms with Gasteiger partial charge in [0.2, 0.25) is 5.91 Å². The SMILES string of the molecule is CCOC(=O)C(c1ccc(C(F)(F)F)cc1)N(C(=O)C1CCCCC1)c1ccc(F)cc1. The number of benzene rings is 2. The van der Waals surface area contributed by atoms with Gasteiger partial charge in [-0.2, -0.15) is 13.2 Å². The van der Waals surface area contributed by atoms with Gasteiger partial charge in [-0.1, -0.05) is 31.4 Å². The van der Waals surface area contributed by atoms with E-state index in [0.717, 1.165) is 31.4 Å². The van der Waals surface area contributed by atoms with Gasteiger partial charge in [-0.25, -0.2) is 9.18 Å². The first-order valence-electron chi connectivity index (χ1n) is 10.6. The van der Waals surface area contributed by atoms with Gasteiger partial charge in [0.05, 0.1) is 12.2 Å². The monoisotopic (exact) mass is 451 g/mol. The molecular formula is C24H25F4NO3. The van der Waals surface area contributed by atoms with Gasteiger partial charge < -0.3 is 4.74 Å². The molecule has 8 heteroatoms. The average Bonchev–Trinajstić information content (AvgIpc) is 2.78. The molecule has 3 rings (SSSR count). The number of alkyl halides is 3. The maximum atomic E-state index is 13.6. The van der Waals surface area contributed by atoms with E-state index in [0.29, 0.717) is 12.8 Å². The van der Waals surface area contributed by atoms with Crippen LogP contribution < -0.4 is 4.90 Å². The molecule has 2 aromatic rings. The first-order chi connectivity index (χ1) is 15.2. The number of hydrogen-bond donors (Lipinski definition) is 0. The van der Waals surface area contributed by atoms with E-state index in [9.17, 15) is 27.2 Å². The van der Waals surface area contributed by atoms with Gasteiger partial charge in [0.15, 0.2) is 6.04 Å². The van der Waals surface area contributed by atoms with Gasteiger partial charge in [-0.3, -0.25) is 9.69 Å². The van der Waals surface area contributed by atoms with Crippen molar-refractivity contribution in [3.8, 4) is 0 Å². The molecule has 0 aromatic heterocycles. The molecule has 32 heavy (non-hydrogen) atoms. The Morgan fingerprint density at radius 2 is 1.59 bits per heavy atom. The topological polar surface area (TPSA) is 46.6 Å². The van der Waals surface area contributed by atoms with Crippen LogP contribution in [0, 0.1) is 11.7 Å². The maximum Gasteiger partial charge on any atom is 0.416 e. The summed E-state index contributed by atoms with van der Waals surface area (Å²) in [6.07, 6.45) is -0.471. The molecule has 2 aromatic carbocycles. The van der Waals surface area contributed by atoms with E-state index >= 15 is 0 Å². The molecule has 1 aliphatic rings. The predicted octanol–water partition coefficient (Wildman–Crippen LogP) is 6.06. The summed E-state index contributed by atoms with van der Waals surface area (Å²) in [5, 5.41) is 0. The van der Waals surface area contributed by atoms with Crippen molar-refractivity contribution >= 4 is 17.6 Å². The summed E-state index contributed by atoms with van der Waals surface area (Å²) >= 11 is 0. The summed E-state index contributed by atoms with van der Waals surface area (Å²) in [6, 6.07) is 7.90. The molecule has 1 atom stereocenters. The summed E-state index contributed by atoms with van der Waals surface area (Å²) < 4.78 is 57.9. The number of nitrogens with zero attached hydrogens (tertiary/aromatic N) is 1. The van der Waals surface area contributed by atoms with Crippen molar-refractivity contribution in [2.24, 2.45) is 5.92 Å². The Morgan fingerprint density at radius 3 is 2.12 bits per heavy atom. The quantitative estimate of drug-likeness (QED) is 0.396. The van der Waals surface area contributed by atoms with Gasteiger partial charge in [-0.15, -0.1) is 0 Å². The van der Waals surface area contributed by atoms with Crippen LogP contribution in [0.1, 0.15) is 56.2 Å². The van der Waals surface area contributed by atoms with Crippen molar-refractivity contribution in [2.45, 2.75) is 51.2 Å². The lowest BCUT2D eigenvalue weighted by Crippen LogP contribution is -2.43. The zero-order chi connectivity index (χ0) is 23.3. The zero-order valence-electron chi connectivity index (χ0n) is 17.7. The third kappa shape index (κ3) is 5.47. The van der Waals surface area contributed by atoms with Crippen LogP contribution in [0.4, 0.5) is 23.2 Å². The highest BCUT2D eigenvalue weighted by atomic mass is 19.4. The highest BCUT2D eigenvalue weighted by Crippen LogP contribution is 2.36. The first-order valence-corrected chi connectivity index (χ1v) is 10.6. The van der Waals surface area contributed by atoms with Gasteiger partial charge in [-0.05, 0) is 61.7 Å². The van der Waals surface area contributed by atoms with E-state index in [2.05, 4.69) is 0 Å². The van der Waals surface area contributed by atoms with Crippen molar-refractivity contribution in [2.75, 3.05) is 11.5 Å². The Balaban J connectivity index is 2.08. The minimum atomic E-state index is -4.54. The number of rotatable bonds is 6. The number of hydrogen-bond acceptors (Lipinski definition) is 3. The predicted molar refractivity (Wildman–Crippen MR) is 111 cm³/mol. The summed E-state index contributed by atoms with van der Waals surface area (Å²) in [7, 11) is 0. The highest BCUT2D eigenvalue weighted by molar-refractivity contribution is 6.01. The molecule has 0 heterocycles. The second kappa shape index (κ2) is 10.1. The van der Waals surface area contributed by atoms with Gasteiger partial charge in [0.1, 0.15) is 5.82 Å². The largest absolute Gasteiger partial charge is 0.464 e. The van der Waals surface area contributed by atoms with Crippen molar-refractivity contribution in [1.29, 1.82) is 0 Å². The lowest BCUT2D eigenvalue weighted by Gasteiger charge is -2.34. The van der Waals surface area contributed by atoms with Crippen molar-refractivity contribution in [3.63, 3.8) is 0 Å². The molecule has 1 saturated carbocycles. The second-order valence-electron chi connectivity index (χ2n) is 7.79. The molecule has 1 fully saturated rings. The normalized spacial score (nSPS) is 15.8. The maximum absolute atomic E-state index is 13.6. The lowest BCUT2D eigenvalue weighted by atomic mass is 9.87. The molecule has 0 bridgehead atoms. The fourth-order valence-electron chi connectivity index (χ4n) is 4.02. The van der Waals surface area contributed by atoms with E-state index in [1.54, 1.807) is 6.92 Å². The molecule has 1 amide bonds. The molecule has 0 spiro atoms. The summed E-state index contributed by atoms with van der Waals surface area (Å²) in [6.45, 7) is 1.64. The van der Waals surface area contributed by atoms with Gasteiger partial charge in [0, 0.05) is 11.6 Å². The van der Waals surface area contributed by atoms with Gasteiger partial charge >= 0.3 is 12.1 Å². The lowest BCUT2D eigenvalue weighted by molar-refractivity contribution is -0.146.